The largest absolute Gasteiger partial charge is 0.355 e. The molecule has 1 aromatic carbocycles. The van der Waals surface area contributed by atoms with E-state index in [0.29, 0.717) is 10.6 Å². The van der Waals surface area contributed by atoms with Crippen LogP contribution < -0.4 is 5.32 Å². The van der Waals surface area contributed by atoms with Crippen LogP contribution in [0, 0.1) is 0 Å². The molecule has 0 radical (unpaired) electrons. The van der Waals surface area contributed by atoms with Gasteiger partial charge >= 0.3 is 0 Å². The minimum absolute atomic E-state index is 0.611. The van der Waals surface area contributed by atoms with E-state index in [0.717, 1.165) is 17.5 Å². The van der Waals surface area contributed by atoms with Crippen LogP contribution in [0.4, 0.5) is 0 Å². The van der Waals surface area contributed by atoms with E-state index in [1.807, 2.05) is 19.2 Å². The highest BCUT2D eigenvalue weighted by molar-refractivity contribution is 6.34. The molecular weight excluding hydrogens is 188 g/mol. The predicted molar refractivity (Wildman–Crippen MR) is 51.8 cm³/mol. The lowest BCUT2D eigenvalue weighted by atomic mass is 10.2. The van der Waals surface area contributed by atoms with Gasteiger partial charge in [0.05, 0.1) is 11.2 Å². The molecule has 13 heavy (non-hydrogen) atoms. The van der Waals surface area contributed by atoms with Crippen molar-refractivity contribution in [3.8, 4) is 0 Å². The fourth-order valence-corrected chi connectivity index (χ4v) is 1.59. The van der Waals surface area contributed by atoms with E-state index in [1.54, 1.807) is 6.20 Å². The quantitative estimate of drug-likeness (QED) is 0.800. The Bertz CT molecular complexity index is 424. The Morgan fingerprint density at radius 1 is 1.54 bits per heavy atom. The lowest BCUT2D eigenvalue weighted by molar-refractivity contribution is 0.456. The molecule has 68 valence electrons. The second-order valence-electron chi connectivity index (χ2n) is 2.85. The molecule has 0 unspecified atom stereocenters. The first-order chi connectivity index (χ1) is 6.31. The molecule has 1 N–H and O–H groups in total. The van der Waals surface area contributed by atoms with Crippen LogP contribution in [-0.2, 0) is 6.54 Å². The molecule has 0 saturated heterocycles. The summed E-state index contributed by atoms with van der Waals surface area (Å²) in [5.41, 5.74) is 1.78. The topological polar surface area (TPSA) is 38.1 Å². The molecule has 0 atom stereocenters. The van der Waals surface area contributed by atoms with E-state index < -0.39 is 0 Å². The van der Waals surface area contributed by atoms with Crippen LogP contribution in [0.3, 0.4) is 0 Å². The monoisotopic (exact) mass is 196 g/mol. The zero-order chi connectivity index (χ0) is 9.26. The summed E-state index contributed by atoms with van der Waals surface area (Å²) in [7, 11) is 1.89. The lowest BCUT2D eigenvalue weighted by Crippen LogP contribution is -2.04. The van der Waals surface area contributed by atoms with Crippen LogP contribution in [0.25, 0.3) is 11.0 Å². The zero-order valence-corrected chi connectivity index (χ0v) is 7.93. The number of halogens is 1. The number of hydrogen-bond acceptors (Lipinski definition) is 3. The van der Waals surface area contributed by atoms with Crippen LogP contribution in [0.1, 0.15) is 5.56 Å². The molecular formula is C9H9ClN2O. The highest BCUT2D eigenvalue weighted by atomic mass is 35.5. The average Bonchev–Trinajstić information content (AvgIpc) is 2.53. The van der Waals surface area contributed by atoms with Crippen molar-refractivity contribution >= 4 is 22.6 Å². The molecule has 0 aliphatic heterocycles. The van der Waals surface area contributed by atoms with Crippen molar-refractivity contribution < 1.29 is 4.52 Å². The number of nitrogens with one attached hydrogen (secondary N) is 1. The number of benzene rings is 1. The van der Waals surface area contributed by atoms with Gasteiger partial charge in [-0.1, -0.05) is 16.8 Å². The van der Waals surface area contributed by atoms with Gasteiger partial charge in [-0.05, 0) is 24.7 Å². The number of nitrogens with zero attached hydrogens (tertiary/aromatic N) is 1. The van der Waals surface area contributed by atoms with Crippen LogP contribution in [0.15, 0.2) is 22.9 Å². The number of aromatic nitrogens is 1. The maximum atomic E-state index is 5.98. The van der Waals surface area contributed by atoms with Gasteiger partial charge in [0, 0.05) is 11.9 Å². The minimum Gasteiger partial charge on any atom is -0.355 e. The smallest absolute Gasteiger partial charge is 0.185 e. The fourth-order valence-electron chi connectivity index (χ4n) is 1.31. The molecule has 3 nitrogen and oxygen atoms in total. The van der Waals surface area contributed by atoms with E-state index in [1.165, 1.54) is 0 Å². The standard InChI is InChI=1S/C9H9ClN2O/c1-11-4-6-2-7-5-12-13-9(7)8(10)3-6/h2-3,5,11H,4H2,1H3. The van der Waals surface area contributed by atoms with E-state index in [-0.39, 0.29) is 0 Å². The summed E-state index contributed by atoms with van der Waals surface area (Å²) in [6.45, 7) is 0.792. The van der Waals surface area contributed by atoms with E-state index in [9.17, 15) is 0 Å². The molecule has 4 heteroatoms. The maximum absolute atomic E-state index is 5.98. The first kappa shape index (κ1) is 8.53. The Hall–Kier alpha value is -1.06. The molecule has 0 bridgehead atoms. The number of fused-ring (bicyclic) bond motifs is 1. The fraction of sp³-hybridized carbons (Fsp3) is 0.222. The van der Waals surface area contributed by atoms with Gasteiger partial charge in [0.15, 0.2) is 5.58 Å². The molecule has 0 fully saturated rings. The van der Waals surface area contributed by atoms with Crippen LogP contribution in [-0.4, -0.2) is 12.2 Å². The van der Waals surface area contributed by atoms with Gasteiger partial charge in [-0.15, -0.1) is 0 Å². The van der Waals surface area contributed by atoms with Gasteiger partial charge < -0.3 is 9.84 Å². The van der Waals surface area contributed by atoms with Gasteiger partial charge in [-0.2, -0.15) is 0 Å². The Labute approximate surface area is 80.7 Å². The summed E-state index contributed by atoms with van der Waals surface area (Å²) < 4.78 is 4.98. The molecule has 2 aromatic rings. The maximum Gasteiger partial charge on any atom is 0.185 e. The van der Waals surface area contributed by atoms with Crippen LogP contribution in [0.5, 0.6) is 0 Å². The Morgan fingerprint density at radius 3 is 3.15 bits per heavy atom. The molecule has 0 amide bonds. The molecule has 0 spiro atoms. The summed E-state index contributed by atoms with van der Waals surface area (Å²) in [5, 5.41) is 8.30. The Kier molecular flexibility index (Phi) is 2.20. The third-order valence-corrected chi connectivity index (χ3v) is 2.13. The summed E-state index contributed by atoms with van der Waals surface area (Å²) >= 11 is 5.98. The second kappa shape index (κ2) is 3.36. The Morgan fingerprint density at radius 2 is 2.38 bits per heavy atom. The summed E-state index contributed by atoms with van der Waals surface area (Å²) in [5.74, 6) is 0. The SMILES string of the molecule is CNCc1cc(Cl)c2oncc2c1. The third-order valence-electron chi connectivity index (χ3n) is 1.85. The minimum atomic E-state index is 0.611. The van der Waals surface area contributed by atoms with Crippen LogP contribution in [0.2, 0.25) is 5.02 Å². The second-order valence-corrected chi connectivity index (χ2v) is 3.26. The van der Waals surface area contributed by atoms with Crippen LogP contribution >= 0.6 is 11.6 Å². The summed E-state index contributed by atoms with van der Waals surface area (Å²) in [4.78, 5) is 0. The normalized spacial score (nSPS) is 10.9. The average molecular weight is 197 g/mol. The number of rotatable bonds is 2. The van der Waals surface area contributed by atoms with Gasteiger partial charge in [-0.3, -0.25) is 0 Å². The molecule has 0 aliphatic rings. The lowest BCUT2D eigenvalue weighted by Gasteiger charge is -2.00. The number of hydrogen-bond donors (Lipinski definition) is 1. The molecule has 0 aliphatic carbocycles. The van der Waals surface area contributed by atoms with Crippen molar-refractivity contribution in [2.75, 3.05) is 7.05 Å². The highest BCUT2D eigenvalue weighted by Gasteiger charge is 2.05. The van der Waals surface area contributed by atoms with Crippen molar-refractivity contribution in [1.29, 1.82) is 0 Å². The molecule has 0 saturated carbocycles. The highest BCUT2D eigenvalue weighted by Crippen LogP contribution is 2.24. The van der Waals surface area contributed by atoms with Crippen molar-refractivity contribution in [1.82, 2.24) is 10.5 Å². The summed E-state index contributed by atoms with van der Waals surface area (Å²) in [6.07, 6.45) is 1.67. The van der Waals surface area contributed by atoms with Crippen molar-refractivity contribution in [2.45, 2.75) is 6.54 Å². The first-order valence-electron chi connectivity index (χ1n) is 3.98. The third kappa shape index (κ3) is 1.53. The molecule has 1 aromatic heterocycles. The van der Waals surface area contributed by atoms with Gasteiger partial charge in [0.2, 0.25) is 0 Å². The van der Waals surface area contributed by atoms with E-state index >= 15 is 0 Å². The van der Waals surface area contributed by atoms with Gasteiger partial charge in [0.25, 0.3) is 0 Å². The van der Waals surface area contributed by atoms with Gasteiger partial charge in [0.1, 0.15) is 0 Å². The van der Waals surface area contributed by atoms with Gasteiger partial charge in [-0.25, -0.2) is 0 Å². The predicted octanol–water partition coefficient (Wildman–Crippen LogP) is 2.20. The zero-order valence-electron chi connectivity index (χ0n) is 7.17. The first-order valence-corrected chi connectivity index (χ1v) is 4.36. The Balaban J connectivity index is 2.56. The summed E-state index contributed by atoms with van der Waals surface area (Å²) in [6, 6.07) is 3.89. The van der Waals surface area contributed by atoms with Crippen molar-refractivity contribution in [3.05, 3.63) is 28.9 Å². The molecule has 1 heterocycles. The van der Waals surface area contributed by atoms with Crippen molar-refractivity contribution in [3.63, 3.8) is 0 Å². The van der Waals surface area contributed by atoms with E-state index in [2.05, 4.69) is 10.5 Å². The van der Waals surface area contributed by atoms with E-state index in [4.69, 9.17) is 16.1 Å². The van der Waals surface area contributed by atoms with Crippen molar-refractivity contribution in [2.24, 2.45) is 0 Å². The molecule has 2 rings (SSSR count).